The molecule has 0 aliphatic rings. The summed E-state index contributed by atoms with van der Waals surface area (Å²) in [7, 11) is 0. The Morgan fingerprint density at radius 1 is 1.00 bits per heavy atom. The van der Waals surface area contributed by atoms with Gasteiger partial charge in [0.25, 0.3) is 0 Å². The first-order valence-corrected chi connectivity index (χ1v) is 11.4. The minimum Gasteiger partial charge on any atom is -1.00 e. The Morgan fingerprint density at radius 2 is 1.47 bits per heavy atom. The van der Waals surface area contributed by atoms with Crippen molar-refractivity contribution in [3.05, 3.63) is 60.7 Å². The number of carbonyl (C=O) groups is 1. The van der Waals surface area contributed by atoms with Crippen molar-refractivity contribution in [3.63, 3.8) is 0 Å². The van der Waals surface area contributed by atoms with Crippen LogP contribution in [0.4, 0.5) is 0 Å². The van der Waals surface area contributed by atoms with Crippen LogP contribution in [0, 0.1) is 7.43 Å². The van der Waals surface area contributed by atoms with E-state index in [4.69, 9.17) is 23.2 Å². The van der Waals surface area contributed by atoms with Crippen LogP contribution in [0.15, 0.2) is 31.8 Å². The Labute approximate surface area is 231 Å². The molecule has 1 N–H and O–H groups in total. The molecule has 1 unspecified atom stereocenters. The van der Waals surface area contributed by atoms with Crippen molar-refractivity contribution < 1.29 is 22.3 Å². The molecule has 4 aromatic heterocycles. The maximum atomic E-state index is 10.5. The monoisotopic (exact) mass is 640 g/mol. The fourth-order valence-electron chi connectivity index (χ4n) is 2.25. The van der Waals surface area contributed by atoms with Gasteiger partial charge in [-0.2, -0.15) is 0 Å². The van der Waals surface area contributed by atoms with Gasteiger partial charge in [0, 0.05) is 16.3 Å². The molecule has 0 bridgehead atoms. The van der Waals surface area contributed by atoms with Gasteiger partial charge in [-0.25, -0.2) is 9.97 Å². The van der Waals surface area contributed by atoms with Crippen molar-refractivity contribution in [1.82, 2.24) is 9.97 Å². The number of halogens is 5. The van der Waals surface area contributed by atoms with Gasteiger partial charge in [0.15, 0.2) is 6.29 Å². The van der Waals surface area contributed by atoms with Crippen molar-refractivity contribution in [2.75, 3.05) is 0 Å². The summed E-state index contributed by atoms with van der Waals surface area (Å²) in [6.45, 7) is 1.68. The summed E-state index contributed by atoms with van der Waals surface area (Å²) in [4.78, 5) is 20.6. The fraction of sp³-hybridized carbons (Fsp3) is 0.111. The van der Waals surface area contributed by atoms with Gasteiger partial charge in [-0.15, -0.1) is 22.7 Å². The number of carbonyl (C=O) groups excluding carboxylic acids is 1. The number of aliphatic hydroxyl groups excluding tert-OH is 1. The zero-order valence-electron chi connectivity index (χ0n) is 15.6. The van der Waals surface area contributed by atoms with E-state index in [1.807, 2.05) is 18.2 Å². The molecule has 30 heavy (non-hydrogen) atoms. The molecule has 4 rings (SSSR count). The Hall–Kier alpha value is 0.446. The number of fused-ring (bicyclic) bond motifs is 2. The van der Waals surface area contributed by atoms with Crippen molar-refractivity contribution in [3.8, 4) is 0 Å². The molecule has 4 aromatic rings. The zero-order valence-corrected chi connectivity index (χ0v) is 24.1. The van der Waals surface area contributed by atoms with Crippen molar-refractivity contribution >= 4 is 128 Å². The Kier molecular flexibility index (Phi) is 13.4. The summed E-state index contributed by atoms with van der Waals surface area (Å²) < 4.78 is 1.99. The van der Waals surface area contributed by atoms with Gasteiger partial charge in [-0.1, -0.05) is 23.2 Å². The Bertz CT molecular complexity index is 1160. The summed E-state index contributed by atoms with van der Waals surface area (Å²) in [6.07, 6.45) is 0.124. The van der Waals surface area contributed by atoms with E-state index in [2.05, 4.69) is 41.8 Å². The van der Waals surface area contributed by atoms with Gasteiger partial charge in [0.2, 0.25) is 0 Å². The SMILES string of the molecule is CC(O)c1cc2cc(Br)sc2nc1Cl.O=Cc1cc2cc(Br)sc2nc1Cl.[CH3-].[Cl-].[Mg+2]. The van der Waals surface area contributed by atoms with Crippen LogP contribution in [-0.4, -0.2) is 44.4 Å². The number of aldehydes is 1. The van der Waals surface area contributed by atoms with E-state index in [-0.39, 0.29) is 48.0 Å². The van der Waals surface area contributed by atoms with Crippen LogP contribution < -0.4 is 12.4 Å². The summed E-state index contributed by atoms with van der Waals surface area (Å²) in [5, 5.41) is 12.0. The van der Waals surface area contributed by atoms with Gasteiger partial charge < -0.3 is 24.9 Å². The number of thiophene rings is 2. The first kappa shape index (κ1) is 30.4. The second-order valence-corrected chi connectivity index (χ2v) is 11.0. The van der Waals surface area contributed by atoms with E-state index in [9.17, 15) is 9.90 Å². The molecule has 0 spiro atoms. The third kappa shape index (κ3) is 7.23. The third-order valence-corrected chi connectivity index (χ3v) is 7.20. The summed E-state index contributed by atoms with van der Waals surface area (Å²) in [5.74, 6) is 0. The van der Waals surface area contributed by atoms with Crippen LogP contribution in [0.1, 0.15) is 28.9 Å². The minimum absolute atomic E-state index is 0. The van der Waals surface area contributed by atoms with Crippen molar-refractivity contribution in [1.29, 1.82) is 0 Å². The summed E-state index contributed by atoms with van der Waals surface area (Å²) >= 11 is 21.4. The number of nitrogens with zero attached hydrogens (tertiary/aromatic N) is 2. The zero-order chi connectivity index (χ0) is 19.7. The van der Waals surface area contributed by atoms with Crippen LogP contribution >= 0.6 is 77.7 Å². The number of hydrogen-bond donors (Lipinski definition) is 1. The molecule has 0 aliphatic heterocycles. The van der Waals surface area contributed by atoms with E-state index in [0.29, 0.717) is 22.6 Å². The molecule has 156 valence electrons. The number of aromatic nitrogens is 2. The topological polar surface area (TPSA) is 63.1 Å². The fourth-order valence-corrected chi connectivity index (χ4v) is 5.73. The van der Waals surface area contributed by atoms with Crippen molar-refractivity contribution in [2.24, 2.45) is 0 Å². The van der Waals surface area contributed by atoms with Crippen LogP contribution in [0.3, 0.4) is 0 Å². The van der Waals surface area contributed by atoms with Crippen LogP contribution in [0.2, 0.25) is 10.3 Å². The van der Waals surface area contributed by atoms with Gasteiger partial charge in [0.05, 0.1) is 19.2 Å². The molecule has 12 heteroatoms. The van der Waals surface area contributed by atoms with Crippen LogP contribution in [-0.2, 0) is 0 Å². The molecular formula is C18H13Br2Cl3MgN2O2S2. The predicted molar refractivity (Wildman–Crippen MR) is 133 cm³/mol. The standard InChI is InChI=1S/C9H7BrClNOS.C8H3BrClNOS.CH3.ClH.Mg/c1-4(13)6-2-5-3-7(10)14-9(5)12-8(6)11;9-6-2-4-1-5(3-12)7(10)11-8(4)13-6;;;/h2-4,13H,1H3;1-3H;1H3;1H;/q;;-1;;+2/p-1. The summed E-state index contributed by atoms with van der Waals surface area (Å²) in [5.41, 5.74) is 1.10. The molecule has 0 aliphatic carbocycles. The number of aliphatic hydroxyl groups is 1. The maximum Gasteiger partial charge on any atom is 2.00 e. The molecule has 0 saturated heterocycles. The van der Waals surface area contributed by atoms with E-state index in [1.165, 1.54) is 22.7 Å². The Balaban J connectivity index is 0.000000511. The van der Waals surface area contributed by atoms with E-state index in [0.717, 1.165) is 28.0 Å². The molecule has 0 amide bonds. The Morgan fingerprint density at radius 3 is 1.93 bits per heavy atom. The molecular weight excluding hydrogens is 631 g/mol. The number of hydrogen-bond acceptors (Lipinski definition) is 6. The van der Waals surface area contributed by atoms with E-state index in [1.54, 1.807) is 13.0 Å². The van der Waals surface area contributed by atoms with E-state index >= 15 is 0 Å². The quantitative estimate of drug-likeness (QED) is 0.153. The largest absolute Gasteiger partial charge is 2.00 e. The molecule has 0 fully saturated rings. The summed E-state index contributed by atoms with van der Waals surface area (Å²) in [6, 6.07) is 7.49. The van der Waals surface area contributed by atoms with Gasteiger partial charge in [0.1, 0.15) is 20.0 Å². The second-order valence-electron chi connectivity index (χ2n) is 5.42. The third-order valence-electron chi connectivity index (χ3n) is 3.50. The van der Waals surface area contributed by atoms with Gasteiger partial charge in [-0.3, -0.25) is 4.79 Å². The molecule has 4 nitrogen and oxygen atoms in total. The smallest absolute Gasteiger partial charge is 1.00 e. The second kappa shape index (κ2) is 13.2. The van der Waals surface area contributed by atoms with Gasteiger partial charge >= 0.3 is 23.1 Å². The minimum atomic E-state index is -0.585. The first-order valence-electron chi connectivity index (χ1n) is 7.42. The normalized spacial score (nSPS) is 10.9. The van der Waals surface area contributed by atoms with Crippen LogP contribution in [0.5, 0.6) is 0 Å². The first-order chi connectivity index (χ1) is 12.8. The average molecular weight is 644 g/mol. The van der Waals surface area contributed by atoms with Gasteiger partial charge in [-0.05, 0) is 63.0 Å². The molecule has 4 heterocycles. The molecule has 1 atom stereocenters. The van der Waals surface area contributed by atoms with Crippen LogP contribution in [0.25, 0.3) is 20.4 Å². The molecule has 0 aromatic carbocycles. The average Bonchev–Trinajstić information content (AvgIpc) is 3.13. The number of pyridine rings is 2. The molecule has 0 saturated carbocycles. The molecule has 0 radical (unpaired) electrons. The predicted octanol–water partition coefficient (Wildman–Crippen LogP) is 4.36. The van der Waals surface area contributed by atoms with Crippen molar-refractivity contribution in [2.45, 2.75) is 13.0 Å². The maximum absolute atomic E-state index is 10.5. The van der Waals surface area contributed by atoms with E-state index < -0.39 is 6.10 Å². The number of rotatable bonds is 2.